The second-order valence-corrected chi connectivity index (χ2v) is 10.8. The minimum absolute atomic E-state index is 0.457. The van der Waals surface area contributed by atoms with Crippen molar-refractivity contribution in [3.63, 3.8) is 0 Å². The maximum Gasteiger partial charge on any atom is 0.136 e. The molecule has 0 aliphatic carbocycles. The van der Waals surface area contributed by atoms with Gasteiger partial charge in [-0.3, -0.25) is 0 Å². The number of ether oxygens (including phenoxy) is 2. The molecule has 0 saturated heterocycles. The summed E-state index contributed by atoms with van der Waals surface area (Å²) in [5, 5.41) is 4.46. The second kappa shape index (κ2) is 10.2. The van der Waals surface area contributed by atoms with Crippen LogP contribution in [0.2, 0.25) is 0 Å². The van der Waals surface area contributed by atoms with Gasteiger partial charge in [0.05, 0.1) is 0 Å². The molecule has 1 aliphatic heterocycles. The summed E-state index contributed by atoms with van der Waals surface area (Å²) < 4.78 is 13.9. The van der Waals surface area contributed by atoms with Crippen LogP contribution in [0.3, 0.4) is 0 Å². The third-order valence-corrected chi connectivity index (χ3v) is 8.29. The predicted molar refractivity (Wildman–Crippen MR) is 173 cm³/mol. The fourth-order valence-corrected chi connectivity index (χ4v) is 6.25. The van der Waals surface area contributed by atoms with Crippen LogP contribution in [0.4, 0.5) is 0 Å². The molecule has 0 spiro atoms. The molecule has 0 radical (unpaired) electrons. The van der Waals surface area contributed by atoms with Gasteiger partial charge in [0, 0.05) is 21.9 Å². The Balaban J connectivity index is 1.58. The predicted octanol–water partition coefficient (Wildman–Crippen LogP) is 10.5. The second-order valence-electron chi connectivity index (χ2n) is 10.8. The number of benzene rings is 7. The standard InChI is InChI=1S/C40H28O2/c1-3-13-27(14-4-1)35-23-29-17-9-11-21-33(29)39-37(35)38-36(28-15-5-2-6-16-28)24-30-18-10-12-22-34(30)40(38)42-26-32-20-8-7-19-31(32)25-41-39/h1-24H,25-26H2. The molecule has 2 nitrogen and oxygen atoms in total. The lowest BCUT2D eigenvalue weighted by atomic mass is 9.84. The zero-order valence-electron chi connectivity index (χ0n) is 23.1. The van der Waals surface area contributed by atoms with Crippen molar-refractivity contribution in [2.75, 3.05) is 0 Å². The van der Waals surface area contributed by atoms with Gasteiger partial charge in [-0.15, -0.1) is 0 Å². The van der Waals surface area contributed by atoms with E-state index in [-0.39, 0.29) is 0 Å². The molecule has 1 aliphatic rings. The van der Waals surface area contributed by atoms with Crippen molar-refractivity contribution < 1.29 is 9.47 Å². The van der Waals surface area contributed by atoms with Gasteiger partial charge in [0.2, 0.25) is 0 Å². The summed E-state index contributed by atoms with van der Waals surface area (Å²) in [4.78, 5) is 0. The minimum atomic E-state index is 0.457. The van der Waals surface area contributed by atoms with E-state index in [1.165, 1.54) is 0 Å². The van der Waals surface area contributed by atoms with Crippen molar-refractivity contribution in [2.24, 2.45) is 0 Å². The fourth-order valence-electron chi connectivity index (χ4n) is 6.25. The molecule has 200 valence electrons. The first-order valence-electron chi connectivity index (χ1n) is 14.4. The molecule has 0 fully saturated rings. The lowest BCUT2D eigenvalue weighted by molar-refractivity contribution is 0.286. The number of fused-ring (bicyclic) bond motifs is 8. The highest BCUT2D eigenvalue weighted by Gasteiger charge is 2.27. The van der Waals surface area contributed by atoms with E-state index in [0.29, 0.717) is 13.2 Å². The van der Waals surface area contributed by atoms with E-state index in [4.69, 9.17) is 9.47 Å². The Morgan fingerprint density at radius 1 is 0.381 bits per heavy atom. The molecule has 0 N–H and O–H groups in total. The van der Waals surface area contributed by atoms with E-state index < -0.39 is 0 Å². The zero-order valence-corrected chi connectivity index (χ0v) is 23.1. The lowest BCUT2D eigenvalue weighted by Gasteiger charge is -2.26. The molecule has 1 heterocycles. The Morgan fingerprint density at radius 3 is 1.21 bits per heavy atom. The highest BCUT2D eigenvalue weighted by Crippen LogP contribution is 2.53. The summed E-state index contributed by atoms with van der Waals surface area (Å²) in [5.41, 5.74) is 8.88. The van der Waals surface area contributed by atoms with Gasteiger partial charge in [0.15, 0.2) is 0 Å². The Morgan fingerprint density at radius 2 is 0.762 bits per heavy atom. The molecule has 0 unspecified atom stereocenters. The maximum absolute atomic E-state index is 6.97. The third kappa shape index (κ3) is 4.12. The van der Waals surface area contributed by atoms with Crippen molar-refractivity contribution in [3.05, 3.63) is 157 Å². The van der Waals surface area contributed by atoms with Gasteiger partial charge in [-0.2, -0.15) is 0 Å². The molecular formula is C40H28O2. The van der Waals surface area contributed by atoms with Crippen molar-refractivity contribution in [1.29, 1.82) is 0 Å². The quantitative estimate of drug-likeness (QED) is 0.217. The van der Waals surface area contributed by atoms with Crippen molar-refractivity contribution in [1.82, 2.24) is 0 Å². The van der Waals surface area contributed by atoms with Gasteiger partial charge < -0.3 is 9.47 Å². The van der Waals surface area contributed by atoms with Crippen LogP contribution >= 0.6 is 0 Å². The summed E-state index contributed by atoms with van der Waals surface area (Å²) in [6.45, 7) is 0.913. The molecule has 0 saturated carbocycles. The molecule has 2 heteroatoms. The largest absolute Gasteiger partial charge is 0.488 e. The normalized spacial score (nSPS) is 12.5. The smallest absolute Gasteiger partial charge is 0.136 e. The van der Waals surface area contributed by atoms with Crippen LogP contribution in [-0.2, 0) is 13.2 Å². The van der Waals surface area contributed by atoms with Crippen LogP contribution < -0.4 is 9.47 Å². The first kappa shape index (κ1) is 24.5. The molecule has 7 aromatic carbocycles. The SMILES string of the molecule is c1ccc(-c2cc3ccccc3c3c2-c2c(-c4ccccc4)cc4ccccc4c2OCc2ccccc2CO3)cc1. The van der Waals surface area contributed by atoms with Crippen molar-refractivity contribution >= 4 is 21.5 Å². The molecule has 0 bridgehead atoms. The van der Waals surface area contributed by atoms with Gasteiger partial charge in [-0.05, 0) is 56.3 Å². The third-order valence-electron chi connectivity index (χ3n) is 8.29. The number of rotatable bonds is 2. The average molecular weight is 541 g/mol. The first-order valence-corrected chi connectivity index (χ1v) is 14.4. The van der Waals surface area contributed by atoms with Crippen molar-refractivity contribution in [2.45, 2.75) is 13.2 Å². The fraction of sp³-hybridized carbons (Fsp3) is 0.0500. The molecule has 8 rings (SSSR count). The highest BCUT2D eigenvalue weighted by molar-refractivity contribution is 6.11. The van der Waals surface area contributed by atoms with Gasteiger partial charge in [-0.1, -0.05) is 133 Å². The summed E-state index contributed by atoms with van der Waals surface area (Å²) >= 11 is 0. The Hall–Kier alpha value is -5.34. The van der Waals surface area contributed by atoms with E-state index in [0.717, 1.165) is 77.6 Å². The van der Waals surface area contributed by atoms with E-state index in [9.17, 15) is 0 Å². The Bertz CT molecular complexity index is 1930. The Labute approximate surface area is 245 Å². The number of hydrogen-bond acceptors (Lipinski definition) is 2. The maximum atomic E-state index is 6.97. The van der Waals surface area contributed by atoms with Crippen LogP contribution in [0.5, 0.6) is 11.5 Å². The van der Waals surface area contributed by atoms with E-state index in [1.54, 1.807) is 0 Å². The van der Waals surface area contributed by atoms with E-state index >= 15 is 0 Å². The van der Waals surface area contributed by atoms with Gasteiger partial charge in [0.1, 0.15) is 24.7 Å². The van der Waals surface area contributed by atoms with Crippen LogP contribution in [0.15, 0.2) is 146 Å². The van der Waals surface area contributed by atoms with Gasteiger partial charge in [-0.25, -0.2) is 0 Å². The van der Waals surface area contributed by atoms with Crippen LogP contribution in [-0.4, -0.2) is 0 Å². The number of hydrogen-bond donors (Lipinski definition) is 0. The van der Waals surface area contributed by atoms with Crippen LogP contribution in [0, 0.1) is 0 Å². The first-order chi connectivity index (χ1) is 20.8. The molecular weight excluding hydrogens is 512 g/mol. The molecule has 42 heavy (non-hydrogen) atoms. The summed E-state index contributed by atoms with van der Waals surface area (Å²) in [6.07, 6.45) is 0. The molecule has 0 atom stereocenters. The minimum Gasteiger partial charge on any atom is -0.488 e. The molecule has 7 aromatic rings. The van der Waals surface area contributed by atoms with Crippen LogP contribution in [0.25, 0.3) is 54.9 Å². The van der Waals surface area contributed by atoms with Crippen LogP contribution in [0.1, 0.15) is 11.1 Å². The summed E-state index contributed by atoms with van der Waals surface area (Å²) in [5.74, 6) is 1.75. The molecule has 0 amide bonds. The summed E-state index contributed by atoms with van der Waals surface area (Å²) in [6, 6.07) is 51.4. The van der Waals surface area contributed by atoms with Gasteiger partial charge >= 0.3 is 0 Å². The topological polar surface area (TPSA) is 18.5 Å². The zero-order chi connectivity index (χ0) is 27.9. The highest BCUT2D eigenvalue weighted by atomic mass is 16.5. The average Bonchev–Trinajstić information content (AvgIpc) is 3.06. The molecule has 0 aromatic heterocycles. The van der Waals surface area contributed by atoms with Crippen molar-refractivity contribution in [3.8, 4) is 44.9 Å². The van der Waals surface area contributed by atoms with E-state index in [1.807, 2.05) is 0 Å². The summed E-state index contributed by atoms with van der Waals surface area (Å²) in [7, 11) is 0. The lowest BCUT2D eigenvalue weighted by Crippen LogP contribution is -2.09. The Kier molecular flexibility index (Phi) is 5.97. The van der Waals surface area contributed by atoms with Gasteiger partial charge in [0.25, 0.3) is 0 Å². The monoisotopic (exact) mass is 540 g/mol. The van der Waals surface area contributed by atoms with E-state index in [2.05, 4.69) is 146 Å².